The molecule has 0 aromatic carbocycles. The second-order valence-electron chi connectivity index (χ2n) is 3.40. The minimum atomic E-state index is 0.694. The van der Waals surface area contributed by atoms with E-state index in [1.165, 1.54) is 18.4 Å². The summed E-state index contributed by atoms with van der Waals surface area (Å²) >= 11 is 0. The first kappa shape index (κ1) is 9.74. The summed E-state index contributed by atoms with van der Waals surface area (Å²) in [5.41, 5.74) is 1.32. The average molecular weight is 140 g/mol. The highest BCUT2D eigenvalue weighted by atomic mass is 14.2. The van der Waals surface area contributed by atoms with E-state index in [0.29, 0.717) is 5.92 Å². The first-order valence-corrected chi connectivity index (χ1v) is 4.25. The highest BCUT2D eigenvalue weighted by Gasteiger charge is 2.10. The third-order valence-corrected chi connectivity index (χ3v) is 2.37. The van der Waals surface area contributed by atoms with Gasteiger partial charge in [0.05, 0.1) is 0 Å². The van der Waals surface area contributed by atoms with E-state index >= 15 is 0 Å². The molecule has 0 aliphatic carbocycles. The Hall–Kier alpha value is -0.260. The minimum Gasteiger partial charge on any atom is -0.0999 e. The van der Waals surface area contributed by atoms with Crippen molar-refractivity contribution in [1.82, 2.24) is 0 Å². The summed E-state index contributed by atoms with van der Waals surface area (Å²) in [6.07, 6.45) is 2.62. The van der Waals surface area contributed by atoms with E-state index in [4.69, 9.17) is 0 Å². The van der Waals surface area contributed by atoms with Crippen LogP contribution in [-0.4, -0.2) is 0 Å². The molecular formula is C10H20. The van der Waals surface area contributed by atoms with Gasteiger partial charge >= 0.3 is 0 Å². The van der Waals surface area contributed by atoms with Crippen molar-refractivity contribution < 1.29 is 0 Å². The Labute approximate surface area is 65.3 Å². The molecule has 0 spiro atoms. The molecule has 0 aliphatic rings. The lowest BCUT2D eigenvalue weighted by Gasteiger charge is -2.18. The molecule has 0 aromatic rings. The molecule has 0 amide bonds. The standard InChI is InChI=1S/C10H20/c1-6-7-9(4)10(5)8(2)3/h9-10H,2,6-7H2,1,3-5H3. The van der Waals surface area contributed by atoms with E-state index in [9.17, 15) is 0 Å². The molecule has 0 radical (unpaired) electrons. The van der Waals surface area contributed by atoms with Crippen LogP contribution in [0.3, 0.4) is 0 Å². The summed E-state index contributed by atoms with van der Waals surface area (Å²) < 4.78 is 0. The summed E-state index contributed by atoms with van der Waals surface area (Å²) in [6, 6.07) is 0. The largest absolute Gasteiger partial charge is 0.0999 e. The number of hydrogen-bond donors (Lipinski definition) is 0. The molecule has 60 valence electrons. The molecule has 0 fully saturated rings. The van der Waals surface area contributed by atoms with Crippen LogP contribution >= 0.6 is 0 Å². The quantitative estimate of drug-likeness (QED) is 0.523. The summed E-state index contributed by atoms with van der Waals surface area (Å²) in [6.45, 7) is 12.9. The fourth-order valence-electron chi connectivity index (χ4n) is 1.19. The summed E-state index contributed by atoms with van der Waals surface area (Å²) in [7, 11) is 0. The van der Waals surface area contributed by atoms with Gasteiger partial charge in [-0.3, -0.25) is 0 Å². The van der Waals surface area contributed by atoms with Crippen LogP contribution in [0.5, 0.6) is 0 Å². The van der Waals surface area contributed by atoms with Crippen molar-refractivity contribution in [2.45, 2.75) is 40.5 Å². The van der Waals surface area contributed by atoms with E-state index in [2.05, 4.69) is 34.3 Å². The molecular weight excluding hydrogens is 120 g/mol. The molecule has 0 aliphatic heterocycles. The monoisotopic (exact) mass is 140 g/mol. The van der Waals surface area contributed by atoms with Crippen LogP contribution in [0.4, 0.5) is 0 Å². The summed E-state index contributed by atoms with van der Waals surface area (Å²) in [5.74, 6) is 1.50. The average Bonchev–Trinajstić information content (AvgIpc) is 1.87. The molecule has 0 saturated heterocycles. The maximum atomic E-state index is 3.96. The van der Waals surface area contributed by atoms with Crippen molar-refractivity contribution in [2.75, 3.05) is 0 Å². The van der Waals surface area contributed by atoms with E-state index in [1.807, 2.05) is 0 Å². The van der Waals surface area contributed by atoms with Gasteiger partial charge in [0.25, 0.3) is 0 Å². The fourth-order valence-corrected chi connectivity index (χ4v) is 1.19. The van der Waals surface area contributed by atoms with Gasteiger partial charge in [0.15, 0.2) is 0 Å². The lowest BCUT2D eigenvalue weighted by molar-refractivity contribution is 0.407. The van der Waals surface area contributed by atoms with Crippen molar-refractivity contribution >= 4 is 0 Å². The molecule has 0 nitrogen and oxygen atoms in total. The maximum Gasteiger partial charge on any atom is -0.0211 e. The Morgan fingerprint density at radius 3 is 2.20 bits per heavy atom. The van der Waals surface area contributed by atoms with E-state index in [-0.39, 0.29) is 0 Å². The van der Waals surface area contributed by atoms with E-state index in [1.54, 1.807) is 0 Å². The summed E-state index contributed by atoms with van der Waals surface area (Å²) in [5, 5.41) is 0. The van der Waals surface area contributed by atoms with Crippen molar-refractivity contribution in [2.24, 2.45) is 11.8 Å². The number of allylic oxidation sites excluding steroid dienone is 1. The molecule has 2 unspecified atom stereocenters. The van der Waals surface area contributed by atoms with Crippen LogP contribution in [0.1, 0.15) is 40.5 Å². The fraction of sp³-hybridized carbons (Fsp3) is 0.800. The topological polar surface area (TPSA) is 0 Å². The van der Waals surface area contributed by atoms with Gasteiger partial charge in [0.2, 0.25) is 0 Å². The van der Waals surface area contributed by atoms with E-state index < -0.39 is 0 Å². The second-order valence-corrected chi connectivity index (χ2v) is 3.40. The van der Waals surface area contributed by atoms with E-state index in [0.717, 1.165) is 5.92 Å². The smallest absolute Gasteiger partial charge is 0.0211 e. The van der Waals surface area contributed by atoms with Gasteiger partial charge in [-0.2, -0.15) is 0 Å². The predicted octanol–water partition coefficient (Wildman–Crippen LogP) is 3.63. The normalized spacial score (nSPS) is 16.4. The van der Waals surface area contributed by atoms with Crippen molar-refractivity contribution in [3.8, 4) is 0 Å². The summed E-state index contributed by atoms with van der Waals surface area (Å²) in [4.78, 5) is 0. The van der Waals surface area contributed by atoms with Gasteiger partial charge in [-0.1, -0.05) is 45.8 Å². The van der Waals surface area contributed by atoms with Crippen molar-refractivity contribution in [3.05, 3.63) is 12.2 Å². The molecule has 0 heterocycles. The third kappa shape index (κ3) is 3.05. The lowest BCUT2D eigenvalue weighted by atomic mass is 9.87. The molecule has 0 rings (SSSR count). The van der Waals surface area contributed by atoms with Gasteiger partial charge in [0, 0.05) is 0 Å². The first-order valence-electron chi connectivity index (χ1n) is 4.25. The number of hydrogen-bond acceptors (Lipinski definition) is 0. The Kier molecular flexibility index (Phi) is 4.42. The van der Waals surface area contributed by atoms with Crippen LogP contribution in [-0.2, 0) is 0 Å². The third-order valence-electron chi connectivity index (χ3n) is 2.37. The van der Waals surface area contributed by atoms with Crippen molar-refractivity contribution in [1.29, 1.82) is 0 Å². The first-order chi connectivity index (χ1) is 4.59. The predicted molar refractivity (Wildman–Crippen MR) is 48.1 cm³/mol. The van der Waals surface area contributed by atoms with Crippen molar-refractivity contribution in [3.63, 3.8) is 0 Å². The number of rotatable bonds is 4. The van der Waals surface area contributed by atoms with Crippen LogP contribution < -0.4 is 0 Å². The van der Waals surface area contributed by atoms with Crippen LogP contribution in [0.2, 0.25) is 0 Å². The minimum absolute atomic E-state index is 0.694. The molecule has 2 atom stereocenters. The molecule has 0 N–H and O–H groups in total. The van der Waals surface area contributed by atoms with Gasteiger partial charge in [0.1, 0.15) is 0 Å². The van der Waals surface area contributed by atoms with Gasteiger partial charge in [-0.25, -0.2) is 0 Å². The Bertz CT molecular complexity index is 103. The molecule has 0 bridgehead atoms. The zero-order valence-corrected chi connectivity index (χ0v) is 7.78. The Balaban J connectivity index is 3.69. The Morgan fingerprint density at radius 1 is 1.40 bits per heavy atom. The highest BCUT2D eigenvalue weighted by Crippen LogP contribution is 2.21. The van der Waals surface area contributed by atoms with Crippen LogP contribution in [0, 0.1) is 11.8 Å². The lowest BCUT2D eigenvalue weighted by Crippen LogP contribution is -2.07. The second kappa shape index (κ2) is 4.54. The zero-order valence-electron chi connectivity index (χ0n) is 7.78. The molecule has 0 heteroatoms. The van der Waals surface area contributed by atoms with Gasteiger partial charge in [-0.15, -0.1) is 0 Å². The molecule has 0 aromatic heterocycles. The molecule has 10 heavy (non-hydrogen) atoms. The van der Waals surface area contributed by atoms with Gasteiger partial charge < -0.3 is 0 Å². The van der Waals surface area contributed by atoms with Crippen LogP contribution in [0.15, 0.2) is 12.2 Å². The highest BCUT2D eigenvalue weighted by molar-refractivity contribution is 4.95. The maximum absolute atomic E-state index is 3.96. The molecule has 0 saturated carbocycles. The Morgan fingerprint density at radius 2 is 1.90 bits per heavy atom. The van der Waals surface area contributed by atoms with Crippen LogP contribution in [0.25, 0.3) is 0 Å². The SMILES string of the molecule is C=C(C)C(C)C(C)CCC. The van der Waals surface area contributed by atoms with Gasteiger partial charge in [-0.05, 0) is 18.8 Å². The zero-order chi connectivity index (χ0) is 8.15.